The summed E-state index contributed by atoms with van der Waals surface area (Å²) in [7, 11) is 2.06. The number of piperazine rings is 1. The molecule has 4 rings (SSSR count). The number of amides is 2. The lowest BCUT2D eigenvalue weighted by atomic mass is 10.1. The number of aromatic hydroxyl groups is 1. The van der Waals surface area contributed by atoms with Gasteiger partial charge >= 0.3 is 5.91 Å². The summed E-state index contributed by atoms with van der Waals surface area (Å²) in [5.74, 6) is -0.587. The molecule has 12 heteroatoms. The molecule has 35 heavy (non-hydrogen) atoms. The van der Waals surface area contributed by atoms with Crippen LogP contribution in [0, 0.1) is 0 Å². The normalized spacial score (nSPS) is 15.3. The van der Waals surface area contributed by atoms with Crippen LogP contribution in [-0.2, 0) is 0 Å². The van der Waals surface area contributed by atoms with Crippen molar-refractivity contribution >= 4 is 63.4 Å². The molecule has 0 bridgehead atoms. The lowest BCUT2D eigenvalue weighted by Gasteiger charge is -2.28. The fourth-order valence-electron chi connectivity index (χ4n) is 3.52. The SMILES string of the molecule is C/C(=N\NC(=O)c1ccc(C(=O)N[NH+]2CCN(C)CC2)s1)c1csc(-c2ccc(Cl)c(Cl)c2)c1O. The number of likely N-dealkylation sites (N-methyl/N-ethyl adjacent to an activating group) is 1. The molecule has 0 atom stereocenters. The lowest BCUT2D eigenvalue weighted by molar-refractivity contribution is -0.939. The second-order valence-corrected chi connectivity index (χ2v) is 10.9. The maximum Gasteiger partial charge on any atom is 0.305 e. The van der Waals surface area contributed by atoms with Crippen LogP contribution in [0.25, 0.3) is 10.4 Å². The molecule has 3 heterocycles. The molecule has 2 amide bonds. The number of halogens is 2. The minimum absolute atomic E-state index is 0.0466. The zero-order valence-corrected chi connectivity index (χ0v) is 22.2. The molecule has 1 aliphatic heterocycles. The highest BCUT2D eigenvalue weighted by molar-refractivity contribution is 7.16. The molecule has 1 saturated heterocycles. The smallest absolute Gasteiger partial charge is 0.305 e. The minimum Gasteiger partial charge on any atom is -0.506 e. The Bertz CT molecular complexity index is 1280. The Labute approximate surface area is 220 Å². The molecule has 0 aliphatic carbocycles. The predicted molar refractivity (Wildman–Crippen MR) is 141 cm³/mol. The second kappa shape index (κ2) is 11.1. The molecule has 0 radical (unpaired) electrons. The van der Waals surface area contributed by atoms with Crippen LogP contribution in [0.4, 0.5) is 0 Å². The van der Waals surface area contributed by atoms with Crippen molar-refractivity contribution in [1.82, 2.24) is 15.8 Å². The molecule has 0 unspecified atom stereocenters. The first-order valence-corrected chi connectivity index (χ1v) is 13.2. The van der Waals surface area contributed by atoms with E-state index in [1.807, 2.05) is 0 Å². The van der Waals surface area contributed by atoms with Gasteiger partial charge in [0.15, 0.2) is 0 Å². The summed E-state index contributed by atoms with van der Waals surface area (Å²) >= 11 is 14.5. The highest BCUT2D eigenvalue weighted by atomic mass is 35.5. The molecule has 1 aliphatic rings. The van der Waals surface area contributed by atoms with Crippen LogP contribution in [0.15, 0.2) is 40.8 Å². The number of benzene rings is 1. The van der Waals surface area contributed by atoms with Crippen molar-refractivity contribution in [3.63, 3.8) is 0 Å². The van der Waals surface area contributed by atoms with Crippen LogP contribution in [0.1, 0.15) is 31.8 Å². The third-order valence-corrected chi connectivity index (χ3v) is 8.44. The van der Waals surface area contributed by atoms with Crippen LogP contribution in [0.5, 0.6) is 5.75 Å². The van der Waals surface area contributed by atoms with E-state index < -0.39 is 5.91 Å². The summed E-state index contributed by atoms with van der Waals surface area (Å²) in [4.78, 5) is 28.8. The van der Waals surface area contributed by atoms with Gasteiger partial charge in [0.1, 0.15) is 18.8 Å². The van der Waals surface area contributed by atoms with Gasteiger partial charge in [0, 0.05) is 18.5 Å². The molecule has 4 N–H and O–H groups in total. The first kappa shape index (κ1) is 25.6. The molecule has 8 nitrogen and oxygen atoms in total. The quantitative estimate of drug-likeness (QED) is 0.279. The van der Waals surface area contributed by atoms with Gasteiger partial charge in [-0.15, -0.1) is 22.7 Å². The zero-order valence-electron chi connectivity index (χ0n) is 19.0. The molecule has 184 valence electrons. The Hall–Kier alpha value is -2.47. The number of hydrogen-bond acceptors (Lipinski definition) is 7. The first-order chi connectivity index (χ1) is 16.7. The van der Waals surface area contributed by atoms with Crippen LogP contribution < -0.4 is 15.9 Å². The Kier molecular flexibility index (Phi) is 8.10. The van der Waals surface area contributed by atoms with Gasteiger partial charge in [-0.1, -0.05) is 29.3 Å². The number of rotatable bonds is 6. The van der Waals surface area contributed by atoms with Crippen LogP contribution in [-0.4, -0.2) is 60.8 Å². The Balaban J connectivity index is 1.39. The molecule has 1 aromatic carbocycles. The van der Waals surface area contributed by atoms with Crippen LogP contribution in [0.3, 0.4) is 0 Å². The molecule has 3 aromatic rings. The van der Waals surface area contributed by atoms with Crippen molar-refractivity contribution in [1.29, 1.82) is 0 Å². The number of hydrogen-bond donors (Lipinski definition) is 4. The van der Waals surface area contributed by atoms with E-state index in [0.717, 1.165) is 48.1 Å². The maximum atomic E-state index is 12.6. The van der Waals surface area contributed by atoms with E-state index in [0.29, 0.717) is 36.0 Å². The first-order valence-electron chi connectivity index (χ1n) is 10.8. The van der Waals surface area contributed by atoms with Gasteiger partial charge < -0.3 is 5.11 Å². The Morgan fingerprint density at radius 3 is 2.46 bits per heavy atom. The lowest BCUT2D eigenvalue weighted by Crippen LogP contribution is -3.21. The average Bonchev–Trinajstić information content (AvgIpc) is 3.48. The van der Waals surface area contributed by atoms with Crippen molar-refractivity contribution in [2.75, 3.05) is 33.2 Å². The number of carbonyl (C=O) groups is 2. The molecule has 0 spiro atoms. The Morgan fingerprint density at radius 1 is 1.09 bits per heavy atom. The number of nitrogens with one attached hydrogen (secondary N) is 3. The van der Waals surface area contributed by atoms with E-state index in [1.54, 1.807) is 42.6 Å². The van der Waals surface area contributed by atoms with E-state index in [-0.39, 0.29) is 11.7 Å². The van der Waals surface area contributed by atoms with Crippen molar-refractivity contribution < 1.29 is 19.7 Å². The molecule has 1 fully saturated rings. The zero-order chi connectivity index (χ0) is 25.1. The van der Waals surface area contributed by atoms with Gasteiger partial charge in [-0.05, 0) is 43.8 Å². The van der Waals surface area contributed by atoms with Gasteiger partial charge in [0.25, 0.3) is 5.91 Å². The van der Waals surface area contributed by atoms with Crippen molar-refractivity contribution in [2.45, 2.75) is 6.92 Å². The van der Waals surface area contributed by atoms with Crippen molar-refractivity contribution in [2.24, 2.45) is 5.10 Å². The van der Waals surface area contributed by atoms with Crippen LogP contribution >= 0.6 is 45.9 Å². The van der Waals surface area contributed by atoms with Gasteiger partial charge in [-0.25, -0.2) is 10.4 Å². The third kappa shape index (κ3) is 6.03. The Morgan fingerprint density at radius 2 is 1.77 bits per heavy atom. The molecule has 2 aromatic heterocycles. The van der Waals surface area contributed by atoms with E-state index in [9.17, 15) is 14.7 Å². The average molecular weight is 554 g/mol. The van der Waals surface area contributed by atoms with Crippen LogP contribution in [0.2, 0.25) is 10.0 Å². The number of hydrazone groups is 1. The predicted octanol–water partition coefficient (Wildman–Crippen LogP) is 3.12. The topological polar surface area (TPSA) is 98.5 Å². The van der Waals surface area contributed by atoms with E-state index in [1.165, 1.54) is 11.3 Å². The highest BCUT2D eigenvalue weighted by Crippen LogP contribution is 2.40. The number of thiophene rings is 2. The summed E-state index contributed by atoms with van der Waals surface area (Å²) in [6.07, 6.45) is 0. The summed E-state index contributed by atoms with van der Waals surface area (Å²) in [5, 5.41) is 18.4. The monoisotopic (exact) mass is 552 g/mol. The highest BCUT2D eigenvalue weighted by Gasteiger charge is 2.22. The van der Waals surface area contributed by atoms with Crippen molar-refractivity contribution in [3.05, 3.63) is 61.1 Å². The number of carbonyl (C=O) groups excluding carboxylic acids is 2. The standard InChI is InChI=1S/C23H23Cl2N5O3S2/c1-13(15-12-34-21(20(15)31)14-3-4-16(24)17(25)11-14)26-27-22(32)18-5-6-19(35-18)23(33)28-30-9-7-29(2)8-10-30/h3-6,11-12,31H,7-10H2,1-2H3,(H,27,32)(H,28,33)/p+1/b26-13+. The summed E-state index contributed by atoms with van der Waals surface area (Å²) < 4.78 is 0. The van der Waals surface area contributed by atoms with Gasteiger partial charge in [0.05, 0.1) is 36.0 Å². The van der Waals surface area contributed by atoms with Gasteiger partial charge in [0.2, 0.25) is 0 Å². The van der Waals surface area contributed by atoms with E-state index in [4.69, 9.17) is 23.2 Å². The fourth-order valence-corrected chi connectivity index (χ4v) is 5.61. The second-order valence-electron chi connectivity index (χ2n) is 8.12. The molecular formula is C23H24Cl2N5O3S2+. The van der Waals surface area contributed by atoms with Gasteiger partial charge in [-0.2, -0.15) is 10.5 Å². The largest absolute Gasteiger partial charge is 0.506 e. The minimum atomic E-state index is -0.431. The number of quaternary nitrogens is 1. The summed E-state index contributed by atoms with van der Waals surface area (Å²) in [6.45, 7) is 5.18. The molecular weight excluding hydrogens is 529 g/mol. The fraction of sp³-hybridized carbons (Fsp3) is 0.261. The van der Waals surface area contributed by atoms with E-state index in [2.05, 4.69) is 27.9 Å². The van der Waals surface area contributed by atoms with E-state index >= 15 is 0 Å². The molecule has 0 saturated carbocycles. The number of nitrogens with zero attached hydrogens (tertiary/aromatic N) is 2. The summed E-state index contributed by atoms with van der Waals surface area (Å²) in [5.41, 5.74) is 7.13. The maximum absolute atomic E-state index is 12.6. The van der Waals surface area contributed by atoms with Crippen molar-refractivity contribution in [3.8, 4) is 16.2 Å². The summed E-state index contributed by atoms with van der Waals surface area (Å²) in [6, 6.07) is 8.36. The van der Waals surface area contributed by atoms with Gasteiger partial charge in [-0.3, -0.25) is 14.5 Å². The third-order valence-electron chi connectivity index (χ3n) is 5.60.